The summed E-state index contributed by atoms with van der Waals surface area (Å²) >= 11 is 0. The van der Waals surface area contributed by atoms with Crippen molar-refractivity contribution in [2.24, 2.45) is 5.92 Å². The van der Waals surface area contributed by atoms with Gasteiger partial charge >= 0.3 is 5.97 Å². The molecule has 0 spiro atoms. The van der Waals surface area contributed by atoms with E-state index >= 15 is 0 Å². The van der Waals surface area contributed by atoms with Crippen LogP contribution in [0.2, 0.25) is 0 Å². The molecule has 0 aromatic rings. The van der Waals surface area contributed by atoms with Crippen molar-refractivity contribution in [3.63, 3.8) is 0 Å². The van der Waals surface area contributed by atoms with E-state index in [9.17, 15) is 9.90 Å². The molecular weight excluding hydrogens is 230 g/mol. The molecule has 0 amide bonds. The van der Waals surface area contributed by atoms with Crippen LogP contribution in [0.3, 0.4) is 0 Å². The lowest BCUT2D eigenvalue weighted by Gasteiger charge is -2.29. The molecule has 2 atom stereocenters. The van der Waals surface area contributed by atoms with Crippen molar-refractivity contribution >= 4 is 5.97 Å². The van der Waals surface area contributed by atoms with Gasteiger partial charge in [-0.3, -0.25) is 4.79 Å². The number of hydrogen-bond donors (Lipinski definition) is 2. The van der Waals surface area contributed by atoms with Crippen LogP contribution < -0.4 is 5.32 Å². The average Bonchev–Trinajstić information content (AvgIpc) is 2.37. The molecule has 18 heavy (non-hydrogen) atoms. The normalized spacial score (nSPS) is 20.4. The smallest absolute Gasteiger partial charge is 0.308 e. The third-order valence-electron chi connectivity index (χ3n) is 3.74. The van der Waals surface area contributed by atoms with E-state index in [4.69, 9.17) is 4.74 Å². The van der Waals surface area contributed by atoms with Gasteiger partial charge in [0.05, 0.1) is 19.1 Å². The Bertz CT molecular complexity index is 239. The second-order valence-electron chi connectivity index (χ2n) is 5.26. The topological polar surface area (TPSA) is 58.6 Å². The van der Waals surface area contributed by atoms with Crippen molar-refractivity contribution in [3.8, 4) is 0 Å². The summed E-state index contributed by atoms with van der Waals surface area (Å²) in [6, 6.07) is 0.419. The van der Waals surface area contributed by atoms with Gasteiger partial charge in [-0.2, -0.15) is 0 Å². The molecule has 2 N–H and O–H groups in total. The quantitative estimate of drug-likeness (QED) is 0.683. The lowest BCUT2D eigenvalue weighted by molar-refractivity contribution is -0.145. The van der Waals surface area contributed by atoms with Gasteiger partial charge in [-0.25, -0.2) is 0 Å². The van der Waals surface area contributed by atoms with Gasteiger partial charge < -0.3 is 15.2 Å². The minimum atomic E-state index is -0.643. The van der Waals surface area contributed by atoms with E-state index in [-0.39, 0.29) is 12.4 Å². The summed E-state index contributed by atoms with van der Waals surface area (Å²) in [5, 5.41) is 13.1. The zero-order valence-corrected chi connectivity index (χ0v) is 11.7. The van der Waals surface area contributed by atoms with Crippen molar-refractivity contribution in [2.75, 3.05) is 13.2 Å². The summed E-state index contributed by atoms with van der Waals surface area (Å²) in [6.45, 7) is 4.79. The predicted octanol–water partition coefficient (Wildman–Crippen LogP) is 1.86. The van der Waals surface area contributed by atoms with Crippen LogP contribution in [-0.2, 0) is 9.53 Å². The third-order valence-corrected chi connectivity index (χ3v) is 3.74. The molecule has 1 saturated carbocycles. The van der Waals surface area contributed by atoms with Crippen molar-refractivity contribution in [1.29, 1.82) is 0 Å². The van der Waals surface area contributed by atoms with Crippen molar-refractivity contribution in [3.05, 3.63) is 0 Å². The van der Waals surface area contributed by atoms with E-state index in [1.54, 1.807) is 6.92 Å². The van der Waals surface area contributed by atoms with Gasteiger partial charge in [-0.05, 0) is 32.6 Å². The van der Waals surface area contributed by atoms with Crippen LogP contribution in [-0.4, -0.2) is 36.4 Å². The van der Waals surface area contributed by atoms with Crippen LogP contribution in [0.5, 0.6) is 0 Å². The second-order valence-corrected chi connectivity index (χ2v) is 5.26. The van der Waals surface area contributed by atoms with Crippen LogP contribution in [0, 0.1) is 5.92 Å². The molecule has 0 aliphatic heterocycles. The van der Waals surface area contributed by atoms with Gasteiger partial charge in [0.2, 0.25) is 0 Å². The highest BCUT2D eigenvalue weighted by Crippen LogP contribution is 2.26. The highest BCUT2D eigenvalue weighted by Gasteiger charge is 2.20. The van der Waals surface area contributed by atoms with Gasteiger partial charge in [0.25, 0.3) is 0 Å². The summed E-state index contributed by atoms with van der Waals surface area (Å²) in [6.07, 6.45) is 6.00. The summed E-state index contributed by atoms with van der Waals surface area (Å²) in [5.74, 6) is 0.394. The Morgan fingerprint density at radius 1 is 1.39 bits per heavy atom. The number of aliphatic hydroxyl groups is 1. The first-order valence-corrected chi connectivity index (χ1v) is 7.20. The third kappa shape index (κ3) is 5.83. The molecule has 1 aliphatic rings. The first kappa shape index (κ1) is 15.4. The Hall–Kier alpha value is -0.610. The Morgan fingerprint density at radius 3 is 2.67 bits per heavy atom. The number of rotatable bonds is 7. The molecule has 0 aromatic heterocycles. The van der Waals surface area contributed by atoms with Crippen LogP contribution in [0.25, 0.3) is 0 Å². The van der Waals surface area contributed by atoms with Crippen LogP contribution in [0.15, 0.2) is 0 Å². The number of carbonyl (C=O) groups excluding carboxylic acids is 1. The number of esters is 1. The van der Waals surface area contributed by atoms with Gasteiger partial charge in [-0.1, -0.05) is 19.3 Å². The van der Waals surface area contributed by atoms with Gasteiger partial charge in [0.1, 0.15) is 0 Å². The van der Waals surface area contributed by atoms with Crippen LogP contribution >= 0.6 is 0 Å². The predicted molar refractivity (Wildman–Crippen MR) is 71.3 cm³/mol. The standard InChI is InChI=1S/C14H27NO3/c1-3-18-14(17)9-13(16)10-15-11(2)12-7-5-4-6-8-12/h11-13,15-16H,3-10H2,1-2H3/t11-,13?/m0/s1. The number of aliphatic hydroxyl groups excluding tert-OH is 1. The van der Waals surface area contributed by atoms with Gasteiger partial charge in [0, 0.05) is 12.6 Å². The van der Waals surface area contributed by atoms with E-state index in [0.717, 1.165) is 0 Å². The molecule has 4 heteroatoms. The Morgan fingerprint density at radius 2 is 2.06 bits per heavy atom. The van der Waals surface area contributed by atoms with Crippen LogP contribution in [0.4, 0.5) is 0 Å². The number of carbonyl (C=O) groups is 1. The molecule has 0 saturated heterocycles. The molecule has 1 aliphatic carbocycles. The lowest BCUT2D eigenvalue weighted by Crippen LogP contribution is -2.39. The molecule has 106 valence electrons. The molecule has 0 radical (unpaired) electrons. The zero-order chi connectivity index (χ0) is 13.4. The number of hydrogen-bond acceptors (Lipinski definition) is 4. The summed E-state index contributed by atoms with van der Waals surface area (Å²) in [5.41, 5.74) is 0. The van der Waals surface area contributed by atoms with Crippen LogP contribution in [0.1, 0.15) is 52.4 Å². The summed E-state index contributed by atoms with van der Waals surface area (Å²) < 4.78 is 4.81. The second kappa shape index (κ2) is 8.48. The SMILES string of the molecule is CCOC(=O)CC(O)CN[C@@H](C)C1CCCCC1. The van der Waals surface area contributed by atoms with E-state index in [0.29, 0.717) is 25.1 Å². The molecule has 1 rings (SSSR count). The average molecular weight is 257 g/mol. The monoisotopic (exact) mass is 257 g/mol. The largest absolute Gasteiger partial charge is 0.466 e. The van der Waals surface area contributed by atoms with Crippen molar-refractivity contribution < 1.29 is 14.6 Å². The number of ether oxygens (including phenoxy) is 1. The molecule has 4 nitrogen and oxygen atoms in total. The van der Waals surface area contributed by atoms with Gasteiger partial charge in [-0.15, -0.1) is 0 Å². The highest BCUT2D eigenvalue weighted by atomic mass is 16.5. The Kier molecular flexibility index (Phi) is 7.28. The Labute approximate surface area is 110 Å². The lowest BCUT2D eigenvalue weighted by atomic mass is 9.84. The first-order chi connectivity index (χ1) is 8.63. The van der Waals surface area contributed by atoms with Crippen molar-refractivity contribution in [1.82, 2.24) is 5.32 Å². The summed E-state index contributed by atoms with van der Waals surface area (Å²) in [7, 11) is 0. The zero-order valence-electron chi connectivity index (χ0n) is 11.7. The maximum absolute atomic E-state index is 11.2. The Balaban J connectivity index is 2.16. The van der Waals surface area contributed by atoms with Crippen molar-refractivity contribution in [2.45, 2.75) is 64.5 Å². The fourth-order valence-electron chi connectivity index (χ4n) is 2.61. The minimum Gasteiger partial charge on any atom is -0.466 e. The van der Waals surface area contributed by atoms with E-state index in [1.807, 2.05) is 0 Å². The molecule has 1 unspecified atom stereocenters. The maximum Gasteiger partial charge on any atom is 0.308 e. The molecule has 0 heterocycles. The van der Waals surface area contributed by atoms with E-state index in [2.05, 4.69) is 12.2 Å². The minimum absolute atomic E-state index is 0.0816. The highest BCUT2D eigenvalue weighted by molar-refractivity contribution is 5.69. The fourth-order valence-corrected chi connectivity index (χ4v) is 2.61. The number of nitrogens with one attached hydrogen (secondary N) is 1. The first-order valence-electron chi connectivity index (χ1n) is 7.20. The van der Waals surface area contributed by atoms with E-state index in [1.165, 1.54) is 32.1 Å². The van der Waals surface area contributed by atoms with E-state index < -0.39 is 6.10 Å². The molecule has 0 bridgehead atoms. The van der Waals surface area contributed by atoms with Gasteiger partial charge in [0.15, 0.2) is 0 Å². The fraction of sp³-hybridized carbons (Fsp3) is 0.929. The molecule has 1 fully saturated rings. The molecular formula is C14H27NO3. The maximum atomic E-state index is 11.2. The molecule has 0 aromatic carbocycles. The summed E-state index contributed by atoms with van der Waals surface area (Å²) in [4.78, 5) is 11.2.